The standard InChI is InChI=1S/C27H32O7S/c1-7-27(32)25(5,31)23(30)19-21(29)18-15(28)11-16(34-6)20-17(18)14(22(19)35(27)33)12-26(20)13(2)9-8-10-24(26,3)4/h9,11,28-29,31-32H,7-8,10,12H2,1-6H3. The van der Waals surface area contributed by atoms with Gasteiger partial charge in [0.05, 0.1) is 33.8 Å². The second kappa shape index (κ2) is 7.08. The normalized spacial score (nSPS) is 33.2. The van der Waals surface area contributed by atoms with E-state index in [1.807, 2.05) is 6.92 Å². The highest BCUT2D eigenvalue weighted by atomic mass is 32.2. The van der Waals surface area contributed by atoms with Crippen LogP contribution in [0.5, 0.6) is 17.2 Å². The van der Waals surface area contributed by atoms with Crippen molar-refractivity contribution in [3.8, 4) is 17.2 Å². The molecule has 8 heteroatoms. The molecule has 4 N–H and O–H groups in total. The fraction of sp³-hybridized carbons (Fsp3) is 0.519. The van der Waals surface area contributed by atoms with E-state index in [4.69, 9.17) is 4.74 Å². The summed E-state index contributed by atoms with van der Waals surface area (Å²) in [5.74, 6) is -1.28. The highest BCUT2D eigenvalue weighted by molar-refractivity contribution is 7.86. The Kier molecular flexibility index (Phi) is 4.91. The zero-order valence-corrected chi connectivity index (χ0v) is 21.7. The van der Waals surface area contributed by atoms with Gasteiger partial charge in [0.2, 0.25) is 5.78 Å². The Hall–Kier alpha value is -2.42. The predicted molar refractivity (Wildman–Crippen MR) is 133 cm³/mol. The molecule has 0 radical (unpaired) electrons. The second-order valence-electron chi connectivity index (χ2n) is 11.0. The quantitative estimate of drug-likeness (QED) is 0.460. The van der Waals surface area contributed by atoms with Crippen molar-refractivity contribution in [1.82, 2.24) is 0 Å². The Morgan fingerprint density at radius 3 is 2.37 bits per heavy atom. The van der Waals surface area contributed by atoms with E-state index < -0.39 is 38.3 Å². The van der Waals surface area contributed by atoms with Crippen LogP contribution in [0.15, 0.2) is 22.6 Å². The van der Waals surface area contributed by atoms with Gasteiger partial charge in [0.25, 0.3) is 0 Å². The molecular weight excluding hydrogens is 468 g/mol. The lowest BCUT2D eigenvalue weighted by atomic mass is 9.54. The van der Waals surface area contributed by atoms with Crippen LogP contribution in [0.25, 0.3) is 10.8 Å². The summed E-state index contributed by atoms with van der Waals surface area (Å²) in [4.78, 5) is 11.4. The lowest BCUT2D eigenvalue weighted by Gasteiger charge is -2.49. The molecule has 2 aliphatic carbocycles. The van der Waals surface area contributed by atoms with Crippen LogP contribution in [0.3, 0.4) is 0 Å². The number of allylic oxidation sites excluding steroid dienone is 2. The fourth-order valence-corrected chi connectivity index (χ4v) is 8.76. The summed E-state index contributed by atoms with van der Waals surface area (Å²) in [6, 6.07) is 1.45. The molecule has 35 heavy (non-hydrogen) atoms. The van der Waals surface area contributed by atoms with Crippen molar-refractivity contribution in [3.05, 3.63) is 34.4 Å². The van der Waals surface area contributed by atoms with Crippen molar-refractivity contribution >= 4 is 27.4 Å². The van der Waals surface area contributed by atoms with Gasteiger partial charge in [-0.1, -0.05) is 32.4 Å². The molecule has 0 amide bonds. The van der Waals surface area contributed by atoms with Gasteiger partial charge in [0, 0.05) is 22.4 Å². The Morgan fingerprint density at radius 2 is 1.80 bits per heavy atom. The van der Waals surface area contributed by atoms with Gasteiger partial charge < -0.3 is 25.2 Å². The molecule has 4 unspecified atom stereocenters. The summed E-state index contributed by atoms with van der Waals surface area (Å²) in [6.45, 7) is 9.06. The third kappa shape index (κ3) is 2.53. The molecule has 0 saturated heterocycles. The summed E-state index contributed by atoms with van der Waals surface area (Å²) in [5.41, 5.74) is -1.17. The summed E-state index contributed by atoms with van der Waals surface area (Å²) in [7, 11) is -0.724. The number of ether oxygens (including phenoxy) is 1. The maximum Gasteiger partial charge on any atom is 0.203 e. The number of carbonyl (C=O) groups excluding carboxylic acids is 1. The van der Waals surface area contributed by atoms with Crippen molar-refractivity contribution < 1.29 is 34.2 Å². The van der Waals surface area contributed by atoms with E-state index in [9.17, 15) is 29.4 Å². The first-order chi connectivity index (χ1) is 16.2. The van der Waals surface area contributed by atoms with Crippen LogP contribution in [0.4, 0.5) is 0 Å². The number of hydrogen-bond acceptors (Lipinski definition) is 7. The number of phenols is 2. The average molecular weight is 501 g/mol. The minimum Gasteiger partial charge on any atom is -0.507 e. The molecule has 188 valence electrons. The smallest absolute Gasteiger partial charge is 0.203 e. The highest BCUT2D eigenvalue weighted by Crippen LogP contribution is 2.65. The van der Waals surface area contributed by atoms with Crippen LogP contribution in [0.2, 0.25) is 0 Å². The topological polar surface area (TPSA) is 124 Å². The van der Waals surface area contributed by atoms with E-state index in [0.29, 0.717) is 23.1 Å². The number of ketones is 1. The van der Waals surface area contributed by atoms with Crippen LogP contribution in [-0.4, -0.2) is 48.1 Å². The van der Waals surface area contributed by atoms with Crippen molar-refractivity contribution in [2.24, 2.45) is 5.41 Å². The van der Waals surface area contributed by atoms with Crippen LogP contribution in [0.1, 0.15) is 75.4 Å². The van der Waals surface area contributed by atoms with Gasteiger partial charge in [-0.25, -0.2) is 0 Å². The SMILES string of the molecule is CCC1(O)S(=O)c2c(c(O)c3c(O)cc(OC)c4c3c2CC42C(C)=CCCC2(C)C)C(=O)C1(C)O. The second-order valence-corrected chi connectivity index (χ2v) is 12.6. The van der Waals surface area contributed by atoms with E-state index >= 15 is 0 Å². The van der Waals surface area contributed by atoms with Crippen molar-refractivity contribution in [1.29, 1.82) is 0 Å². The largest absolute Gasteiger partial charge is 0.507 e. The van der Waals surface area contributed by atoms with Gasteiger partial charge in [-0.15, -0.1) is 0 Å². The first-order valence-corrected chi connectivity index (χ1v) is 13.1. The Bertz CT molecular complexity index is 1390. The Labute approximate surface area is 206 Å². The van der Waals surface area contributed by atoms with E-state index in [1.54, 1.807) is 6.92 Å². The maximum absolute atomic E-state index is 14.0. The Balaban J connectivity index is 2.03. The lowest BCUT2D eigenvalue weighted by Crippen LogP contribution is -2.62. The van der Waals surface area contributed by atoms with Gasteiger partial charge in [-0.2, -0.15) is 0 Å². The van der Waals surface area contributed by atoms with E-state index in [-0.39, 0.29) is 33.4 Å². The first kappa shape index (κ1) is 24.3. The van der Waals surface area contributed by atoms with E-state index in [2.05, 4.69) is 19.9 Å². The zero-order chi connectivity index (χ0) is 25.9. The molecule has 4 atom stereocenters. The third-order valence-electron chi connectivity index (χ3n) is 9.09. The molecule has 2 aromatic rings. The number of hydrogen-bond donors (Lipinski definition) is 4. The van der Waals surface area contributed by atoms with Gasteiger partial charge in [-0.3, -0.25) is 9.00 Å². The number of carbonyl (C=O) groups is 1. The maximum atomic E-state index is 14.0. The molecule has 3 aliphatic rings. The van der Waals surface area contributed by atoms with Crippen LogP contribution < -0.4 is 4.74 Å². The summed E-state index contributed by atoms with van der Waals surface area (Å²) >= 11 is 0. The Morgan fingerprint density at radius 1 is 1.14 bits per heavy atom. The third-order valence-corrected chi connectivity index (χ3v) is 11.2. The molecule has 1 heterocycles. The van der Waals surface area contributed by atoms with Gasteiger partial charge >= 0.3 is 0 Å². The van der Waals surface area contributed by atoms with Gasteiger partial charge in [0.1, 0.15) is 17.2 Å². The number of methoxy groups -OCH3 is 1. The average Bonchev–Trinajstić information content (AvgIpc) is 3.15. The highest BCUT2D eigenvalue weighted by Gasteiger charge is 2.63. The van der Waals surface area contributed by atoms with Crippen molar-refractivity contribution in [2.45, 2.75) is 81.1 Å². The molecular formula is C27H32O7S. The van der Waals surface area contributed by atoms with Gasteiger partial charge in [0.15, 0.2) is 10.5 Å². The first-order valence-electron chi connectivity index (χ1n) is 11.9. The number of phenolic OH excluding ortho intramolecular Hbond substituents is 2. The molecule has 2 aromatic carbocycles. The minimum absolute atomic E-state index is 0.0378. The predicted octanol–water partition coefficient (Wildman–Crippen LogP) is 3.97. The fourth-order valence-electron chi connectivity index (χ4n) is 6.94. The number of benzene rings is 2. The molecule has 0 bridgehead atoms. The van der Waals surface area contributed by atoms with Crippen LogP contribution in [-0.2, 0) is 22.6 Å². The summed E-state index contributed by atoms with van der Waals surface area (Å²) < 4.78 is 19.8. The van der Waals surface area contributed by atoms with Crippen LogP contribution >= 0.6 is 0 Å². The molecule has 7 nitrogen and oxygen atoms in total. The molecule has 1 aliphatic heterocycles. The van der Waals surface area contributed by atoms with E-state index in [1.165, 1.54) is 13.2 Å². The molecule has 0 aromatic heterocycles. The number of fused-ring (bicyclic) bond motifs is 3. The molecule has 0 fully saturated rings. The van der Waals surface area contributed by atoms with E-state index in [0.717, 1.165) is 30.9 Å². The molecule has 5 rings (SSSR count). The zero-order valence-electron chi connectivity index (χ0n) is 20.9. The van der Waals surface area contributed by atoms with Gasteiger partial charge in [-0.05, 0) is 50.5 Å². The molecule has 0 saturated carbocycles. The monoisotopic (exact) mass is 500 g/mol. The van der Waals surface area contributed by atoms with Crippen molar-refractivity contribution in [3.63, 3.8) is 0 Å². The summed E-state index contributed by atoms with van der Waals surface area (Å²) in [5, 5.41) is 45.4. The number of rotatable bonds is 2. The van der Waals surface area contributed by atoms with Crippen LogP contribution in [0, 0.1) is 5.41 Å². The molecule has 1 spiro atoms. The number of aromatic hydroxyl groups is 2. The minimum atomic E-state index is -2.39. The summed E-state index contributed by atoms with van der Waals surface area (Å²) in [6.07, 6.45) is 4.16. The number of Topliss-reactive ketones (excluding diaryl/α,β-unsaturated/α-hetero) is 1. The van der Waals surface area contributed by atoms with Crippen molar-refractivity contribution in [2.75, 3.05) is 7.11 Å². The number of aliphatic hydroxyl groups is 2. The lowest BCUT2D eigenvalue weighted by molar-refractivity contribution is -0.0660.